The third-order valence-electron chi connectivity index (χ3n) is 7.58. The number of nitrogens with zero attached hydrogens (tertiary/aromatic N) is 6. The summed E-state index contributed by atoms with van der Waals surface area (Å²) in [5.74, 6) is 2.05. The molecule has 0 spiro atoms. The zero-order valence-corrected chi connectivity index (χ0v) is 21.6. The molecule has 7 rings (SSSR count). The van der Waals surface area contributed by atoms with Gasteiger partial charge in [-0.1, -0.05) is 66.7 Å². The second-order valence-electron chi connectivity index (χ2n) is 10.1. The molecule has 39 heavy (non-hydrogen) atoms. The number of piperidine rings is 1. The van der Waals surface area contributed by atoms with Crippen LogP contribution in [0.3, 0.4) is 0 Å². The highest BCUT2D eigenvalue weighted by atomic mass is 15.2. The molecule has 0 atom stereocenters. The van der Waals surface area contributed by atoms with Gasteiger partial charge in [-0.2, -0.15) is 5.10 Å². The van der Waals surface area contributed by atoms with Crippen LogP contribution in [0.15, 0.2) is 103 Å². The molecule has 4 aromatic heterocycles. The lowest BCUT2D eigenvalue weighted by Crippen LogP contribution is -2.32. The maximum absolute atomic E-state index is 5.00. The zero-order valence-electron chi connectivity index (χ0n) is 21.6. The van der Waals surface area contributed by atoms with E-state index in [1.165, 1.54) is 5.56 Å². The van der Waals surface area contributed by atoms with Crippen molar-refractivity contribution in [3.05, 3.63) is 115 Å². The van der Waals surface area contributed by atoms with Crippen LogP contribution >= 0.6 is 0 Å². The summed E-state index contributed by atoms with van der Waals surface area (Å²) in [5.41, 5.74) is 7.51. The molecule has 0 aliphatic carbocycles. The summed E-state index contributed by atoms with van der Waals surface area (Å²) in [7, 11) is 0. The number of likely N-dealkylation sites (tertiary alicyclic amines) is 1. The van der Waals surface area contributed by atoms with Gasteiger partial charge in [-0.05, 0) is 55.8 Å². The molecule has 1 aliphatic heterocycles. The Labute approximate surface area is 227 Å². The molecular weight excluding hydrogens is 482 g/mol. The Morgan fingerprint density at radius 1 is 0.769 bits per heavy atom. The van der Waals surface area contributed by atoms with E-state index < -0.39 is 0 Å². The number of fused-ring (bicyclic) bond motifs is 1. The summed E-state index contributed by atoms with van der Waals surface area (Å²) < 4.78 is 2.18. The van der Waals surface area contributed by atoms with Gasteiger partial charge in [0, 0.05) is 36.0 Å². The zero-order chi connectivity index (χ0) is 26.0. The van der Waals surface area contributed by atoms with E-state index in [1.54, 1.807) is 6.20 Å². The Balaban J connectivity index is 1.04. The lowest BCUT2D eigenvalue weighted by Gasteiger charge is -2.30. The summed E-state index contributed by atoms with van der Waals surface area (Å²) >= 11 is 0. The van der Waals surface area contributed by atoms with E-state index in [-0.39, 0.29) is 0 Å². The molecule has 7 heteroatoms. The average Bonchev–Trinajstić information content (AvgIpc) is 3.65. The number of rotatable bonds is 6. The van der Waals surface area contributed by atoms with Gasteiger partial charge in [0.15, 0.2) is 5.82 Å². The Kier molecular flexibility index (Phi) is 6.19. The minimum absolute atomic E-state index is 0.403. The number of hydrogen-bond donors (Lipinski definition) is 1. The average molecular weight is 512 g/mol. The summed E-state index contributed by atoms with van der Waals surface area (Å²) in [6.07, 6.45) is 5.99. The molecular formula is C32H29N7. The van der Waals surface area contributed by atoms with Gasteiger partial charge < -0.3 is 0 Å². The number of pyridine rings is 2. The fourth-order valence-corrected chi connectivity index (χ4v) is 5.53. The van der Waals surface area contributed by atoms with Crippen molar-refractivity contribution in [2.45, 2.75) is 25.3 Å². The molecule has 1 saturated heterocycles. The first kappa shape index (κ1) is 23.5. The quantitative estimate of drug-likeness (QED) is 0.287. The highest BCUT2D eigenvalue weighted by Gasteiger charge is 2.24. The van der Waals surface area contributed by atoms with E-state index in [0.29, 0.717) is 11.7 Å². The topological polar surface area (TPSA) is 75.0 Å². The van der Waals surface area contributed by atoms with Gasteiger partial charge in [0.25, 0.3) is 0 Å². The number of hydrogen-bond acceptors (Lipinski definition) is 5. The molecule has 5 heterocycles. The largest absolute Gasteiger partial charge is 0.299 e. The smallest absolute Gasteiger partial charge is 0.199 e. The van der Waals surface area contributed by atoms with Gasteiger partial charge in [-0.25, -0.2) is 9.97 Å². The first-order chi connectivity index (χ1) is 19.3. The minimum atomic E-state index is 0.403. The molecule has 2 aromatic carbocycles. The van der Waals surface area contributed by atoms with E-state index in [4.69, 9.17) is 9.97 Å². The van der Waals surface area contributed by atoms with Crippen molar-refractivity contribution < 1.29 is 0 Å². The molecule has 6 aromatic rings. The van der Waals surface area contributed by atoms with Gasteiger partial charge >= 0.3 is 0 Å². The van der Waals surface area contributed by atoms with Crippen molar-refractivity contribution in [2.75, 3.05) is 13.1 Å². The van der Waals surface area contributed by atoms with Gasteiger partial charge in [0.2, 0.25) is 0 Å². The Morgan fingerprint density at radius 2 is 1.56 bits per heavy atom. The lowest BCUT2D eigenvalue weighted by molar-refractivity contribution is 0.202. The maximum Gasteiger partial charge on any atom is 0.199 e. The first-order valence-electron chi connectivity index (χ1n) is 13.5. The summed E-state index contributed by atoms with van der Waals surface area (Å²) in [6.45, 7) is 3.02. The number of H-pyrrole nitrogens is 1. The number of benzene rings is 2. The summed E-state index contributed by atoms with van der Waals surface area (Å²) in [4.78, 5) is 16.6. The predicted octanol–water partition coefficient (Wildman–Crippen LogP) is 6.23. The third-order valence-corrected chi connectivity index (χ3v) is 7.58. The van der Waals surface area contributed by atoms with Crippen molar-refractivity contribution in [3.8, 4) is 34.0 Å². The van der Waals surface area contributed by atoms with E-state index in [2.05, 4.69) is 97.4 Å². The number of imidazole rings is 1. The van der Waals surface area contributed by atoms with Gasteiger partial charge in [0.1, 0.15) is 17.2 Å². The third kappa shape index (κ3) is 4.73. The van der Waals surface area contributed by atoms with E-state index in [1.807, 2.05) is 24.3 Å². The van der Waals surface area contributed by atoms with Crippen LogP contribution in [0, 0.1) is 0 Å². The number of nitrogens with one attached hydrogen (secondary N) is 1. The molecule has 0 radical (unpaired) electrons. The molecule has 1 aliphatic rings. The predicted molar refractivity (Wildman–Crippen MR) is 153 cm³/mol. The number of aromatic nitrogens is 6. The first-order valence-corrected chi connectivity index (χ1v) is 13.5. The summed E-state index contributed by atoms with van der Waals surface area (Å²) in [5, 5.41) is 7.56. The molecule has 0 unspecified atom stereocenters. The Morgan fingerprint density at radius 3 is 2.36 bits per heavy atom. The Bertz CT molecular complexity index is 1680. The van der Waals surface area contributed by atoms with Crippen molar-refractivity contribution in [3.63, 3.8) is 0 Å². The summed E-state index contributed by atoms with van der Waals surface area (Å²) in [6, 6.07) is 31.4. The molecule has 7 nitrogen and oxygen atoms in total. The van der Waals surface area contributed by atoms with Crippen LogP contribution in [0.1, 0.15) is 30.1 Å². The van der Waals surface area contributed by atoms with Crippen LogP contribution in [0.25, 0.3) is 39.7 Å². The van der Waals surface area contributed by atoms with Crippen LogP contribution in [-0.4, -0.2) is 47.5 Å². The van der Waals surface area contributed by atoms with Gasteiger partial charge in [-0.3, -0.25) is 19.4 Å². The second-order valence-corrected chi connectivity index (χ2v) is 10.1. The van der Waals surface area contributed by atoms with E-state index >= 15 is 0 Å². The SMILES string of the molecule is c1ccc(-c2c(-c3ccc(CN4CCC(c5nc(-c6ccccn6)n[nH]5)CC4)cc3)nc3ccccn23)cc1. The standard InChI is InChI=1S/C32H29N7/c1-2-8-25(9-3-1)30-29(34-28-11-5-7-19-39(28)30)24-14-12-23(13-15-24)22-38-20-16-26(17-21-38)31-35-32(37-36-31)27-10-4-6-18-33-27/h1-15,18-19,26H,16-17,20-22H2,(H,35,36,37). The molecule has 0 bridgehead atoms. The molecule has 1 fully saturated rings. The molecule has 192 valence electrons. The lowest BCUT2D eigenvalue weighted by atomic mass is 9.95. The highest BCUT2D eigenvalue weighted by Crippen LogP contribution is 2.33. The fourth-order valence-electron chi connectivity index (χ4n) is 5.53. The van der Waals surface area contributed by atoms with Crippen LogP contribution in [0.4, 0.5) is 0 Å². The molecule has 0 amide bonds. The minimum Gasteiger partial charge on any atom is -0.299 e. The fraction of sp³-hybridized carbons (Fsp3) is 0.188. The molecule has 0 saturated carbocycles. The van der Waals surface area contributed by atoms with Gasteiger partial charge in [-0.15, -0.1) is 0 Å². The van der Waals surface area contributed by atoms with E-state index in [9.17, 15) is 0 Å². The Hall–Kier alpha value is -4.62. The normalized spacial score (nSPS) is 14.7. The maximum atomic E-state index is 5.00. The van der Waals surface area contributed by atoms with Crippen LogP contribution < -0.4 is 0 Å². The van der Waals surface area contributed by atoms with Crippen molar-refractivity contribution in [1.29, 1.82) is 0 Å². The number of aromatic amines is 1. The van der Waals surface area contributed by atoms with Crippen molar-refractivity contribution in [2.24, 2.45) is 0 Å². The second kappa shape index (κ2) is 10.3. The van der Waals surface area contributed by atoms with Crippen LogP contribution in [0.5, 0.6) is 0 Å². The highest BCUT2D eigenvalue weighted by molar-refractivity contribution is 5.82. The van der Waals surface area contributed by atoms with Gasteiger partial charge in [0.05, 0.1) is 11.4 Å². The monoisotopic (exact) mass is 511 g/mol. The van der Waals surface area contributed by atoms with E-state index in [0.717, 1.165) is 72.2 Å². The van der Waals surface area contributed by atoms with Crippen molar-refractivity contribution >= 4 is 5.65 Å². The van der Waals surface area contributed by atoms with Crippen LogP contribution in [-0.2, 0) is 6.54 Å². The molecule has 1 N–H and O–H groups in total. The van der Waals surface area contributed by atoms with Crippen molar-refractivity contribution in [1.82, 2.24) is 34.4 Å². The van der Waals surface area contributed by atoms with Crippen LogP contribution in [0.2, 0.25) is 0 Å².